The molecule has 2 aromatic rings. The first-order valence-electron chi connectivity index (χ1n) is 7.84. The molecule has 0 aliphatic carbocycles. The third-order valence-corrected chi connectivity index (χ3v) is 4.96. The van der Waals surface area contributed by atoms with Crippen molar-refractivity contribution in [1.82, 2.24) is 0 Å². The summed E-state index contributed by atoms with van der Waals surface area (Å²) in [5.41, 5.74) is 8.31. The predicted octanol–water partition coefficient (Wildman–Crippen LogP) is 5.14. The second-order valence-corrected chi connectivity index (χ2v) is 6.81. The van der Waals surface area contributed by atoms with E-state index < -0.39 is 0 Å². The van der Waals surface area contributed by atoms with E-state index in [4.69, 9.17) is 5.73 Å². The number of thioether (sulfide) groups is 1. The van der Waals surface area contributed by atoms with E-state index in [9.17, 15) is 4.39 Å². The van der Waals surface area contributed by atoms with Crippen LogP contribution in [-0.2, 0) is 0 Å². The topological polar surface area (TPSA) is 26.0 Å². The molecule has 1 nitrogen and oxygen atoms in total. The van der Waals surface area contributed by atoms with Crippen molar-refractivity contribution < 1.29 is 4.39 Å². The van der Waals surface area contributed by atoms with Crippen molar-refractivity contribution >= 4 is 11.8 Å². The first-order valence-corrected chi connectivity index (χ1v) is 8.82. The van der Waals surface area contributed by atoms with Crippen molar-refractivity contribution in [2.24, 2.45) is 5.73 Å². The largest absolute Gasteiger partial charge is 0.330 e. The van der Waals surface area contributed by atoms with E-state index in [2.05, 4.69) is 31.2 Å². The summed E-state index contributed by atoms with van der Waals surface area (Å²) in [5, 5.41) is 0. The van der Waals surface area contributed by atoms with Crippen LogP contribution in [0.2, 0.25) is 0 Å². The fraction of sp³-hybridized carbons (Fsp3) is 0.368. The fourth-order valence-corrected chi connectivity index (χ4v) is 3.39. The molecule has 1 unspecified atom stereocenters. The zero-order chi connectivity index (χ0) is 15.8. The van der Waals surface area contributed by atoms with Crippen LogP contribution in [-0.4, -0.2) is 12.3 Å². The van der Waals surface area contributed by atoms with Gasteiger partial charge in [-0.05, 0) is 67.8 Å². The molecule has 1 atom stereocenters. The molecule has 2 aromatic carbocycles. The van der Waals surface area contributed by atoms with E-state index in [-0.39, 0.29) is 5.82 Å². The summed E-state index contributed by atoms with van der Waals surface area (Å²) >= 11 is 1.91. The molecule has 0 heterocycles. The number of unbranched alkanes of at least 4 members (excludes halogenated alkanes) is 1. The maximum Gasteiger partial charge on any atom is 0.123 e. The van der Waals surface area contributed by atoms with E-state index in [0.29, 0.717) is 12.5 Å². The minimum absolute atomic E-state index is 0.186. The molecule has 0 saturated carbocycles. The van der Waals surface area contributed by atoms with Crippen LogP contribution in [0.3, 0.4) is 0 Å². The zero-order valence-corrected chi connectivity index (χ0v) is 13.9. The molecule has 2 rings (SSSR count). The van der Waals surface area contributed by atoms with Crippen molar-refractivity contribution in [3.05, 3.63) is 65.5 Å². The molecule has 118 valence electrons. The van der Waals surface area contributed by atoms with E-state index >= 15 is 0 Å². The summed E-state index contributed by atoms with van der Waals surface area (Å²) in [5.74, 6) is 1.28. The lowest BCUT2D eigenvalue weighted by molar-refractivity contribution is 0.589. The second-order valence-electron chi connectivity index (χ2n) is 5.64. The maximum absolute atomic E-state index is 13.0. The monoisotopic (exact) mass is 317 g/mol. The highest BCUT2D eigenvalue weighted by molar-refractivity contribution is 7.99. The third-order valence-electron chi connectivity index (χ3n) is 3.86. The summed E-state index contributed by atoms with van der Waals surface area (Å²) in [6.45, 7) is 2.73. The highest BCUT2D eigenvalue weighted by atomic mass is 32.2. The highest BCUT2D eigenvalue weighted by Crippen LogP contribution is 2.24. The highest BCUT2D eigenvalue weighted by Gasteiger charge is 2.09. The lowest BCUT2D eigenvalue weighted by Crippen LogP contribution is -2.12. The van der Waals surface area contributed by atoms with E-state index in [0.717, 1.165) is 24.2 Å². The van der Waals surface area contributed by atoms with Crippen LogP contribution in [0.1, 0.15) is 36.3 Å². The van der Waals surface area contributed by atoms with Gasteiger partial charge in [-0.25, -0.2) is 4.39 Å². The van der Waals surface area contributed by atoms with Crippen LogP contribution in [0, 0.1) is 12.7 Å². The minimum atomic E-state index is -0.186. The summed E-state index contributed by atoms with van der Waals surface area (Å²) in [7, 11) is 0. The normalized spacial score (nSPS) is 12.3. The molecule has 0 bridgehead atoms. The van der Waals surface area contributed by atoms with Gasteiger partial charge >= 0.3 is 0 Å². The molecule has 0 aliphatic rings. The van der Waals surface area contributed by atoms with E-state index in [1.807, 2.05) is 23.9 Å². The number of halogens is 1. The Morgan fingerprint density at radius 2 is 1.68 bits per heavy atom. The molecular formula is C19H24FNS. The van der Waals surface area contributed by atoms with Crippen LogP contribution >= 0.6 is 11.8 Å². The van der Waals surface area contributed by atoms with Crippen molar-refractivity contribution in [3.8, 4) is 0 Å². The Kier molecular flexibility index (Phi) is 6.94. The first kappa shape index (κ1) is 17.0. The van der Waals surface area contributed by atoms with Crippen LogP contribution in [0.5, 0.6) is 0 Å². The average Bonchev–Trinajstić information content (AvgIpc) is 2.54. The number of nitrogens with two attached hydrogens (primary N) is 1. The van der Waals surface area contributed by atoms with Gasteiger partial charge in [0.15, 0.2) is 0 Å². The Morgan fingerprint density at radius 1 is 1.00 bits per heavy atom. The van der Waals surface area contributed by atoms with Crippen LogP contribution < -0.4 is 5.73 Å². The first-order chi connectivity index (χ1) is 10.7. The van der Waals surface area contributed by atoms with Gasteiger partial charge in [-0.3, -0.25) is 0 Å². The van der Waals surface area contributed by atoms with Gasteiger partial charge in [0.1, 0.15) is 5.82 Å². The molecule has 3 heteroatoms. The van der Waals surface area contributed by atoms with Gasteiger partial charge in [0.05, 0.1) is 0 Å². The molecule has 0 fully saturated rings. The Morgan fingerprint density at radius 3 is 2.32 bits per heavy atom. The smallest absolute Gasteiger partial charge is 0.123 e. The number of hydrogen-bond acceptors (Lipinski definition) is 2. The van der Waals surface area contributed by atoms with E-state index in [1.165, 1.54) is 29.0 Å². The van der Waals surface area contributed by atoms with Crippen LogP contribution in [0.25, 0.3) is 0 Å². The van der Waals surface area contributed by atoms with Gasteiger partial charge in [-0.2, -0.15) is 0 Å². The number of hydrogen-bond donors (Lipinski definition) is 1. The molecule has 0 saturated heterocycles. The number of benzene rings is 2. The van der Waals surface area contributed by atoms with Crippen molar-refractivity contribution in [2.75, 3.05) is 12.3 Å². The predicted molar refractivity (Wildman–Crippen MR) is 93.9 cm³/mol. The lowest BCUT2D eigenvalue weighted by atomic mass is 9.94. The number of aryl methyl sites for hydroxylation is 1. The molecular weight excluding hydrogens is 293 g/mol. The average molecular weight is 317 g/mol. The van der Waals surface area contributed by atoms with Gasteiger partial charge in [0, 0.05) is 4.90 Å². The molecule has 0 spiro atoms. The second kappa shape index (κ2) is 8.96. The Labute approximate surface area is 137 Å². The van der Waals surface area contributed by atoms with Crippen molar-refractivity contribution in [1.29, 1.82) is 0 Å². The number of rotatable bonds is 8. The summed E-state index contributed by atoms with van der Waals surface area (Å²) < 4.78 is 13.0. The SMILES string of the molecule is Cc1ccc(SCCCCC(CN)c2ccc(F)cc2)cc1. The van der Waals surface area contributed by atoms with Crippen molar-refractivity contribution in [2.45, 2.75) is 37.0 Å². The van der Waals surface area contributed by atoms with Gasteiger partial charge in [0.2, 0.25) is 0 Å². The molecule has 0 aliphatic heterocycles. The summed E-state index contributed by atoms with van der Waals surface area (Å²) in [6.07, 6.45) is 3.39. The zero-order valence-electron chi connectivity index (χ0n) is 13.1. The summed E-state index contributed by atoms with van der Waals surface area (Å²) in [6, 6.07) is 15.4. The van der Waals surface area contributed by atoms with Gasteiger partial charge in [-0.15, -0.1) is 11.8 Å². The van der Waals surface area contributed by atoms with Crippen molar-refractivity contribution in [3.63, 3.8) is 0 Å². The quantitative estimate of drug-likeness (QED) is 0.539. The third kappa shape index (κ3) is 5.47. The maximum atomic E-state index is 13.0. The standard InChI is InChI=1S/C19H24FNS/c1-15-5-11-19(12-6-15)22-13-3-2-4-17(14-21)16-7-9-18(20)10-8-16/h5-12,17H,2-4,13-14,21H2,1H3. The Bertz CT molecular complexity index is 551. The van der Waals surface area contributed by atoms with Crippen LogP contribution in [0.15, 0.2) is 53.4 Å². The molecule has 0 aromatic heterocycles. The van der Waals surface area contributed by atoms with E-state index in [1.54, 1.807) is 0 Å². The molecule has 0 amide bonds. The summed E-state index contributed by atoms with van der Waals surface area (Å²) in [4.78, 5) is 1.33. The fourth-order valence-electron chi connectivity index (χ4n) is 2.47. The van der Waals surface area contributed by atoms with Gasteiger partial charge < -0.3 is 5.73 Å². The Balaban J connectivity index is 1.70. The van der Waals surface area contributed by atoms with Crippen LogP contribution in [0.4, 0.5) is 4.39 Å². The lowest BCUT2D eigenvalue weighted by Gasteiger charge is -2.15. The van der Waals surface area contributed by atoms with Gasteiger partial charge in [0.25, 0.3) is 0 Å². The molecule has 2 N–H and O–H groups in total. The molecule has 0 radical (unpaired) electrons. The minimum Gasteiger partial charge on any atom is -0.330 e. The van der Waals surface area contributed by atoms with Gasteiger partial charge in [-0.1, -0.05) is 36.2 Å². The Hall–Kier alpha value is -1.32. The molecule has 22 heavy (non-hydrogen) atoms.